The first-order valence-electron chi connectivity index (χ1n) is 11.6. The van der Waals surface area contributed by atoms with Gasteiger partial charge in [-0.3, -0.25) is 4.99 Å². The molecule has 35 heavy (non-hydrogen) atoms. The molecule has 1 aromatic heterocycles. The number of aryl methyl sites for hydroxylation is 1. The van der Waals surface area contributed by atoms with Crippen molar-refractivity contribution in [2.45, 2.75) is 38.8 Å². The largest absolute Gasteiger partial charge is 0.510 e. The molecule has 2 atom stereocenters. The average Bonchev–Trinajstić information content (AvgIpc) is 3.27. The minimum atomic E-state index is -0.105. The van der Waals surface area contributed by atoms with Gasteiger partial charge in [-0.2, -0.15) is 0 Å². The number of phenolic OH excluding ortho intramolecular Hbond substituents is 1. The summed E-state index contributed by atoms with van der Waals surface area (Å²) in [5.74, 6) is 1.61. The minimum absolute atomic E-state index is 0. The Morgan fingerprint density at radius 1 is 1.00 bits per heavy atom. The molecule has 0 radical (unpaired) electrons. The molecule has 6 heteroatoms. The van der Waals surface area contributed by atoms with Crippen molar-refractivity contribution in [2.75, 3.05) is 0 Å². The van der Waals surface area contributed by atoms with Gasteiger partial charge < -0.3 is 14.6 Å². The van der Waals surface area contributed by atoms with E-state index in [0.717, 1.165) is 23.8 Å². The third-order valence-corrected chi connectivity index (χ3v) is 6.87. The van der Waals surface area contributed by atoms with Crippen molar-refractivity contribution in [3.8, 4) is 17.4 Å². The van der Waals surface area contributed by atoms with Crippen LogP contribution in [0.15, 0.2) is 77.8 Å². The summed E-state index contributed by atoms with van der Waals surface area (Å²) < 4.78 is 12.5. The van der Waals surface area contributed by atoms with Crippen LogP contribution in [0.1, 0.15) is 43.1 Å². The molecule has 0 bridgehead atoms. The van der Waals surface area contributed by atoms with Gasteiger partial charge in [-0.05, 0) is 41.5 Å². The molecule has 1 N–H and O–H groups in total. The van der Waals surface area contributed by atoms with Crippen LogP contribution in [0.2, 0.25) is 0 Å². The van der Waals surface area contributed by atoms with Crippen LogP contribution in [0.25, 0.3) is 10.9 Å². The second-order valence-electron chi connectivity index (χ2n) is 9.63. The van der Waals surface area contributed by atoms with Gasteiger partial charge in [0.2, 0.25) is 5.88 Å². The molecule has 180 valence electrons. The molecule has 1 aliphatic heterocycles. The zero-order valence-corrected chi connectivity index (χ0v) is 21.7. The van der Waals surface area contributed by atoms with Gasteiger partial charge in [0.25, 0.3) is 0 Å². The number of benzene rings is 3. The molecule has 3 aromatic carbocycles. The first kappa shape index (κ1) is 23.6. The van der Waals surface area contributed by atoms with E-state index in [1.165, 1.54) is 11.1 Å². The van der Waals surface area contributed by atoms with Gasteiger partial charge >= 0.3 is 0 Å². The Balaban J connectivity index is 0.00000253. The van der Waals surface area contributed by atoms with E-state index in [2.05, 4.69) is 49.2 Å². The molecule has 0 saturated carbocycles. The molecule has 1 aliphatic carbocycles. The molecule has 0 unspecified atom stereocenters. The van der Waals surface area contributed by atoms with Gasteiger partial charge in [0.1, 0.15) is 23.3 Å². The molecule has 0 spiro atoms. The first-order chi connectivity index (χ1) is 16.5. The standard InChI is InChI=1S/C29H25N2O3.Pt/c1-29(2)16-15-18-7-3-4-11-22(18)26-27(29)31-28(34-26)20-9-5-10-21(17-20)33-24-14-13-19-8-6-12-23(32)25(19)30-24;/h3-14,26-27,32H,15-16H2,1-2H3;/q-1;/t26-,27+;/m0./s1. The number of phenols is 1. The van der Waals surface area contributed by atoms with Crippen LogP contribution < -0.4 is 4.74 Å². The first-order valence-corrected chi connectivity index (χ1v) is 11.6. The fraction of sp³-hybridized carbons (Fsp3) is 0.241. The van der Waals surface area contributed by atoms with E-state index < -0.39 is 0 Å². The maximum Gasteiger partial charge on any atom is 0.217 e. The normalized spacial score (nSPS) is 20.0. The Hall–Kier alpha value is -3.17. The van der Waals surface area contributed by atoms with E-state index in [9.17, 15) is 5.11 Å². The number of pyridine rings is 1. The number of ether oxygens (including phenoxy) is 2. The molecule has 2 heterocycles. The van der Waals surface area contributed by atoms with Gasteiger partial charge in [0, 0.05) is 38.3 Å². The summed E-state index contributed by atoms with van der Waals surface area (Å²) in [6.45, 7) is 4.55. The van der Waals surface area contributed by atoms with Gasteiger partial charge in [-0.15, -0.1) is 18.2 Å². The monoisotopic (exact) mass is 644 g/mol. The number of aromatic hydroxyl groups is 1. The van der Waals surface area contributed by atoms with Crippen LogP contribution in [0.3, 0.4) is 0 Å². The molecule has 0 fully saturated rings. The summed E-state index contributed by atoms with van der Waals surface area (Å²) in [6, 6.07) is 26.5. The van der Waals surface area contributed by atoms with E-state index in [-0.39, 0.29) is 44.4 Å². The van der Waals surface area contributed by atoms with Crippen LogP contribution in [0, 0.1) is 11.5 Å². The molecular formula is C29H25N2O3Pt-. The molecule has 0 saturated heterocycles. The quantitative estimate of drug-likeness (QED) is 0.263. The van der Waals surface area contributed by atoms with Crippen molar-refractivity contribution >= 4 is 16.8 Å². The number of hydrogen-bond donors (Lipinski definition) is 1. The minimum Gasteiger partial charge on any atom is -0.510 e. The smallest absolute Gasteiger partial charge is 0.217 e. The average molecular weight is 645 g/mol. The summed E-state index contributed by atoms with van der Waals surface area (Å²) in [5, 5.41) is 11.0. The van der Waals surface area contributed by atoms with Crippen molar-refractivity contribution in [3.63, 3.8) is 0 Å². The van der Waals surface area contributed by atoms with E-state index in [1.807, 2.05) is 30.3 Å². The molecular weight excluding hydrogens is 619 g/mol. The van der Waals surface area contributed by atoms with Gasteiger partial charge in [0.15, 0.2) is 0 Å². The second-order valence-corrected chi connectivity index (χ2v) is 9.63. The fourth-order valence-electron chi connectivity index (χ4n) is 4.92. The number of rotatable bonds is 3. The van der Waals surface area contributed by atoms with E-state index in [0.29, 0.717) is 23.0 Å². The molecule has 0 amide bonds. The van der Waals surface area contributed by atoms with Crippen molar-refractivity contribution in [1.29, 1.82) is 0 Å². The Kier molecular flexibility index (Phi) is 6.14. The van der Waals surface area contributed by atoms with Crippen LogP contribution >= 0.6 is 0 Å². The Morgan fingerprint density at radius 3 is 2.71 bits per heavy atom. The van der Waals surface area contributed by atoms with Gasteiger partial charge in [-0.1, -0.05) is 61.9 Å². The summed E-state index contributed by atoms with van der Waals surface area (Å²) in [5.41, 5.74) is 3.83. The van der Waals surface area contributed by atoms with E-state index >= 15 is 0 Å². The van der Waals surface area contributed by atoms with Gasteiger partial charge in [-0.25, -0.2) is 4.98 Å². The number of nitrogens with zero attached hydrogens (tertiary/aromatic N) is 2. The van der Waals surface area contributed by atoms with Crippen molar-refractivity contribution in [1.82, 2.24) is 4.98 Å². The SMILES string of the molecule is CC1(C)CCc2ccccc2[C@@H]2OC(c3[c-]c(Oc4ccc5cccc(O)c5n4)ccc3)=N[C@H]21.[Pt]. The zero-order chi connectivity index (χ0) is 23.3. The topological polar surface area (TPSA) is 63.9 Å². The molecule has 2 aliphatic rings. The number of para-hydroxylation sites is 1. The second kappa shape index (κ2) is 9.12. The van der Waals surface area contributed by atoms with Crippen molar-refractivity contribution in [3.05, 3.63) is 95.6 Å². The Morgan fingerprint density at radius 2 is 1.83 bits per heavy atom. The number of hydrogen-bond acceptors (Lipinski definition) is 5. The van der Waals surface area contributed by atoms with E-state index in [4.69, 9.17) is 14.5 Å². The number of aliphatic imine (C=N–C) groups is 1. The Bertz CT molecular complexity index is 1430. The molecule has 5 nitrogen and oxygen atoms in total. The van der Waals surface area contributed by atoms with E-state index in [1.54, 1.807) is 18.2 Å². The Labute approximate surface area is 219 Å². The molecule has 4 aromatic rings. The fourth-order valence-corrected chi connectivity index (χ4v) is 4.92. The summed E-state index contributed by atoms with van der Waals surface area (Å²) in [6.07, 6.45) is 1.99. The maximum absolute atomic E-state index is 10.1. The zero-order valence-electron chi connectivity index (χ0n) is 19.5. The third kappa shape index (κ3) is 4.34. The summed E-state index contributed by atoms with van der Waals surface area (Å²) >= 11 is 0. The predicted octanol–water partition coefficient (Wildman–Crippen LogP) is 6.39. The van der Waals surface area contributed by atoms with Crippen molar-refractivity contribution in [2.24, 2.45) is 10.4 Å². The summed E-state index contributed by atoms with van der Waals surface area (Å²) in [4.78, 5) is 9.51. The number of fused-ring (bicyclic) bond motifs is 4. The predicted molar refractivity (Wildman–Crippen MR) is 131 cm³/mol. The van der Waals surface area contributed by atoms with Gasteiger partial charge in [0.05, 0.1) is 6.04 Å². The third-order valence-electron chi connectivity index (χ3n) is 6.87. The van der Waals surface area contributed by atoms with Crippen molar-refractivity contribution < 1.29 is 35.6 Å². The van der Waals surface area contributed by atoms with Crippen LogP contribution in [-0.4, -0.2) is 22.0 Å². The van der Waals surface area contributed by atoms with Crippen LogP contribution in [-0.2, 0) is 32.2 Å². The summed E-state index contributed by atoms with van der Waals surface area (Å²) in [7, 11) is 0. The molecule has 6 rings (SSSR count). The maximum atomic E-state index is 10.1. The number of aromatic nitrogens is 1. The van der Waals surface area contributed by atoms with Crippen LogP contribution in [0.5, 0.6) is 17.4 Å². The van der Waals surface area contributed by atoms with Crippen LogP contribution in [0.4, 0.5) is 0 Å².